The molecule has 108 valence electrons. The predicted molar refractivity (Wildman–Crippen MR) is 72.7 cm³/mol. The van der Waals surface area contributed by atoms with Crippen molar-refractivity contribution in [3.63, 3.8) is 0 Å². The van der Waals surface area contributed by atoms with Crippen LogP contribution in [-0.4, -0.2) is 34.1 Å². The second kappa shape index (κ2) is 5.44. The molecule has 1 aromatic heterocycles. The fourth-order valence-electron chi connectivity index (χ4n) is 2.73. The number of nitrogens with zero attached hydrogens (tertiary/aromatic N) is 3. The van der Waals surface area contributed by atoms with Crippen molar-refractivity contribution in [2.24, 2.45) is 5.41 Å². The second-order valence-electron chi connectivity index (χ2n) is 5.14. The molecule has 20 heavy (non-hydrogen) atoms. The third kappa shape index (κ3) is 2.56. The van der Waals surface area contributed by atoms with Gasteiger partial charge >= 0.3 is 11.8 Å². The van der Waals surface area contributed by atoms with E-state index in [1.165, 1.54) is 12.3 Å². The van der Waals surface area contributed by atoms with E-state index in [4.69, 9.17) is 0 Å². The molecule has 1 N–H and O–H groups in total. The molecule has 1 unspecified atom stereocenters. The third-order valence-electron chi connectivity index (χ3n) is 3.82. The van der Waals surface area contributed by atoms with Crippen LogP contribution in [0.5, 0.6) is 0 Å². The number of hydrogen-bond donors (Lipinski definition) is 1. The van der Waals surface area contributed by atoms with Gasteiger partial charge in [-0.3, -0.25) is 4.79 Å². The first-order valence-electron chi connectivity index (χ1n) is 6.57. The zero-order valence-corrected chi connectivity index (χ0v) is 11.3. The Labute approximate surface area is 116 Å². The molecule has 1 atom stereocenters. The van der Waals surface area contributed by atoms with E-state index >= 15 is 0 Å². The molecule has 7 heteroatoms. The van der Waals surface area contributed by atoms with E-state index in [0.29, 0.717) is 25.9 Å². The van der Waals surface area contributed by atoms with Gasteiger partial charge in [0.1, 0.15) is 0 Å². The van der Waals surface area contributed by atoms with Gasteiger partial charge in [0, 0.05) is 19.2 Å². The lowest BCUT2D eigenvalue weighted by Crippen LogP contribution is -2.34. The Morgan fingerprint density at radius 2 is 2.35 bits per heavy atom. The number of pyridine rings is 1. The Balaban J connectivity index is 2.15. The SMILES string of the molecule is CCCC1(C(=O)O)CCN(c2ccc([N+](=O)[O-])nc2)C1. The van der Waals surface area contributed by atoms with Crippen molar-refractivity contribution in [2.45, 2.75) is 26.2 Å². The quantitative estimate of drug-likeness (QED) is 0.654. The highest BCUT2D eigenvalue weighted by Crippen LogP contribution is 2.37. The van der Waals surface area contributed by atoms with Crippen molar-refractivity contribution in [2.75, 3.05) is 18.0 Å². The number of carboxylic acid groups (broad SMARTS) is 1. The average Bonchev–Trinajstić information content (AvgIpc) is 2.85. The Hall–Kier alpha value is -2.18. The van der Waals surface area contributed by atoms with E-state index in [2.05, 4.69) is 4.98 Å². The van der Waals surface area contributed by atoms with Crippen molar-refractivity contribution in [1.82, 2.24) is 4.98 Å². The lowest BCUT2D eigenvalue weighted by atomic mass is 9.83. The molecule has 1 aliphatic rings. The topological polar surface area (TPSA) is 96.6 Å². The van der Waals surface area contributed by atoms with E-state index in [1.54, 1.807) is 6.07 Å². The number of carboxylic acids is 1. The van der Waals surface area contributed by atoms with Crippen LogP contribution in [0.4, 0.5) is 11.5 Å². The zero-order chi connectivity index (χ0) is 14.8. The number of rotatable bonds is 5. The molecule has 0 amide bonds. The predicted octanol–water partition coefficient (Wildman–Crippen LogP) is 2.07. The summed E-state index contributed by atoms with van der Waals surface area (Å²) < 4.78 is 0. The minimum Gasteiger partial charge on any atom is -0.481 e. The Bertz CT molecular complexity index is 517. The van der Waals surface area contributed by atoms with E-state index in [9.17, 15) is 20.0 Å². The molecule has 2 rings (SSSR count). The summed E-state index contributed by atoms with van der Waals surface area (Å²) in [6, 6.07) is 2.96. The van der Waals surface area contributed by atoms with Crippen LogP contribution >= 0.6 is 0 Å². The molecule has 0 aliphatic carbocycles. The summed E-state index contributed by atoms with van der Waals surface area (Å²) in [6.07, 6.45) is 3.48. The summed E-state index contributed by atoms with van der Waals surface area (Å²) >= 11 is 0. The number of carbonyl (C=O) groups is 1. The molecule has 2 heterocycles. The summed E-state index contributed by atoms with van der Waals surface area (Å²) in [6.45, 7) is 3.03. The maximum Gasteiger partial charge on any atom is 0.363 e. The highest BCUT2D eigenvalue weighted by atomic mass is 16.6. The van der Waals surface area contributed by atoms with Crippen molar-refractivity contribution < 1.29 is 14.8 Å². The maximum absolute atomic E-state index is 11.5. The fourth-order valence-corrected chi connectivity index (χ4v) is 2.73. The fraction of sp³-hybridized carbons (Fsp3) is 0.538. The van der Waals surface area contributed by atoms with Gasteiger partial charge in [0.25, 0.3) is 0 Å². The molecule has 0 aromatic carbocycles. The molecule has 0 spiro atoms. The van der Waals surface area contributed by atoms with Crippen LogP contribution in [-0.2, 0) is 4.79 Å². The lowest BCUT2D eigenvalue weighted by molar-refractivity contribution is -0.389. The van der Waals surface area contributed by atoms with Gasteiger partial charge < -0.3 is 20.1 Å². The molecule has 7 nitrogen and oxygen atoms in total. The van der Waals surface area contributed by atoms with E-state index in [0.717, 1.165) is 12.1 Å². The van der Waals surface area contributed by atoms with Crippen molar-refractivity contribution >= 4 is 17.5 Å². The van der Waals surface area contributed by atoms with Gasteiger partial charge in [0.05, 0.1) is 11.1 Å². The zero-order valence-electron chi connectivity index (χ0n) is 11.3. The van der Waals surface area contributed by atoms with Gasteiger partial charge in [-0.25, -0.2) is 0 Å². The third-order valence-corrected chi connectivity index (χ3v) is 3.82. The summed E-state index contributed by atoms with van der Waals surface area (Å²) in [5, 5.41) is 20.0. The van der Waals surface area contributed by atoms with Crippen LogP contribution in [0, 0.1) is 15.5 Å². The molecular weight excluding hydrogens is 262 g/mol. The number of aliphatic carboxylic acids is 1. The van der Waals surface area contributed by atoms with Gasteiger partial charge in [0.2, 0.25) is 0 Å². The van der Waals surface area contributed by atoms with Crippen LogP contribution in [0.2, 0.25) is 0 Å². The molecule has 1 aliphatic heterocycles. The van der Waals surface area contributed by atoms with Crippen LogP contribution in [0.25, 0.3) is 0 Å². The normalized spacial score (nSPS) is 21.9. The van der Waals surface area contributed by atoms with Crippen LogP contribution < -0.4 is 4.90 Å². The van der Waals surface area contributed by atoms with E-state index < -0.39 is 16.3 Å². The number of nitro groups is 1. The number of hydrogen-bond acceptors (Lipinski definition) is 5. The number of anilines is 1. The van der Waals surface area contributed by atoms with Crippen LogP contribution in [0.3, 0.4) is 0 Å². The Morgan fingerprint density at radius 1 is 1.60 bits per heavy atom. The summed E-state index contributed by atoms with van der Waals surface area (Å²) in [5.74, 6) is -0.970. The summed E-state index contributed by atoms with van der Waals surface area (Å²) in [7, 11) is 0. The largest absolute Gasteiger partial charge is 0.481 e. The number of aromatic nitrogens is 1. The first kappa shape index (κ1) is 14.2. The first-order chi connectivity index (χ1) is 9.48. The van der Waals surface area contributed by atoms with E-state index in [1.807, 2.05) is 11.8 Å². The van der Waals surface area contributed by atoms with Gasteiger partial charge in [-0.15, -0.1) is 0 Å². The minimum atomic E-state index is -0.767. The average molecular weight is 279 g/mol. The lowest BCUT2D eigenvalue weighted by Gasteiger charge is -2.24. The van der Waals surface area contributed by atoms with Gasteiger partial charge in [0.15, 0.2) is 6.20 Å². The summed E-state index contributed by atoms with van der Waals surface area (Å²) in [5.41, 5.74) is 0.0195. The van der Waals surface area contributed by atoms with Crippen molar-refractivity contribution in [3.8, 4) is 0 Å². The Morgan fingerprint density at radius 3 is 2.85 bits per heavy atom. The standard InChI is InChI=1S/C13H17N3O4/c1-2-5-13(12(17)18)6-7-15(9-13)10-3-4-11(14-8-10)16(19)20/h3-4,8H,2,5-7,9H2,1H3,(H,17,18). The monoisotopic (exact) mass is 279 g/mol. The molecule has 0 bridgehead atoms. The molecule has 1 saturated heterocycles. The highest BCUT2D eigenvalue weighted by molar-refractivity contribution is 5.76. The van der Waals surface area contributed by atoms with E-state index in [-0.39, 0.29) is 5.82 Å². The van der Waals surface area contributed by atoms with Gasteiger partial charge in [-0.05, 0) is 28.8 Å². The molecule has 0 saturated carbocycles. The van der Waals surface area contributed by atoms with Crippen molar-refractivity contribution in [3.05, 3.63) is 28.4 Å². The Kier molecular flexibility index (Phi) is 3.87. The van der Waals surface area contributed by atoms with Gasteiger partial charge in [-0.1, -0.05) is 13.3 Å². The molecule has 1 aromatic rings. The smallest absolute Gasteiger partial charge is 0.363 e. The van der Waals surface area contributed by atoms with Gasteiger partial charge in [-0.2, -0.15) is 0 Å². The maximum atomic E-state index is 11.5. The summed E-state index contributed by atoms with van der Waals surface area (Å²) in [4.78, 5) is 27.2. The molecular formula is C13H17N3O4. The molecule has 1 fully saturated rings. The second-order valence-corrected chi connectivity index (χ2v) is 5.14. The van der Waals surface area contributed by atoms with Crippen molar-refractivity contribution in [1.29, 1.82) is 0 Å². The van der Waals surface area contributed by atoms with Crippen LogP contribution in [0.15, 0.2) is 18.3 Å². The molecule has 0 radical (unpaired) electrons. The first-order valence-corrected chi connectivity index (χ1v) is 6.57. The van der Waals surface area contributed by atoms with Crippen LogP contribution in [0.1, 0.15) is 26.2 Å². The minimum absolute atomic E-state index is 0.203. The highest BCUT2D eigenvalue weighted by Gasteiger charge is 2.44.